The zero-order valence-corrected chi connectivity index (χ0v) is 14.0. The molecule has 0 aliphatic heterocycles. The minimum Gasteiger partial charge on any atom is -0.435 e. The second-order valence-corrected chi connectivity index (χ2v) is 4.25. The average Bonchev–Trinajstić information content (AvgIpc) is 2.33. The Labute approximate surface area is 135 Å². The van der Waals surface area contributed by atoms with Crippen LogP contribution in [0.2, 0.25) is 0 Å². The molecule has 0 saturated carbocycles. The van der Waals surface area contributed by atoms with E-state index in [1.54, 1.807) is 19.2 Å². The Hall–Kier alpha value is -1.12. The topological polar surface area (TPSA) is 45.7 Å². The van der Waals surface area contributed by atoms with Gasteiger partial charge in [-0.1, -0.05) is 12.1 Å². The normalized spacial score (nSPS) is 11.2. The maximum Gasteiger partial charge on any atom is 0.387 e. The first-order valence-electron chi connectivity index (χ1n) is 6.02. The first-order valence-corrected chi connectivity index (χ1v) is 6.02. The molecule has 0 bridgehead atoms. The lowest BCUT2D eigenvalue weighted by Crippen LogP contribution is -2.40. The van der Waals surface area contributed by atoms with E-state index in [0.717, 1.165) is 5.56 Å². The molecule has 7 heteroatoms. The summed E-state index contributed by atoms with van der Waals surface area (Å²) in [4.78, 5) is 4.06. The summed E-state index contributed by atoms with van der Waals surface area (Å²) in [5.41, 5.74) is 0.838. The van der Waals surface area contributed by atoms with Crippen molar-refractivity contribution in [3.63, 3.8) is 0 Å². The van der Waals surface area contributed by atoms with E-state index in [9.17, 15) is 8.78 Å². The Morgan fingerprint density at radius 2 is 2.05 bits per heavy atom. The molecule has 114 valence electrons. The second-order valence-electron chi connectivity index (χ2n) is 4.25. The van der Waals surface area contributed by atoms with E-state index in [2.05, 4.69) is 20.4 Å². The van der Waals surface area contributed by atoms with Crippen LogP contribution in [0.1, 0.15) is 19.4 Å². The van der Waals surface area contributed by atoms with Crippen molar-refractivity contribution in [2.45, 2.75) is 33.0 Å². The zero-order valence-electron chi connectivity index (χ0n) is 11.7. The largest absolute Gasteiger partial charge is 0.435 e. The molecule has 1 rings (SSSR count). The van der Waals surface area contributed by atoms with E-state index in [1.807, 2.05) is 19.9 Å². The van der Waals surface area contributed by atoms with Crippen LogP contribution in [0.15, 0.2) is 29.3 Å². The highest BCUT2D eigenvalue weighted by Gasteiger charge is 2.05. The van der Waals surface area contributed by atoms with Gasteiger partial charge in [0.1, 0.15) is 5.75 Å². The van der Waals surface area contributed by atoms with Crippen molar-refractivity contribution in [2.24, 2.45) is 4.99 Å². The van der Waals surface area contributed by atoms with Gasteiger partial charge in [-0.05, 0) is 31.5 Å². The van der Waals surface area contributed by atoms with Crippen LogP contribution in [0, 0.1) is 0 Å². The molecule has 0 amide bonds. The molecular weight excluding hydrogens is 379 g/mol. The van der Waals surface area contributed by atoms with Gasteiger partial charge in [0.2, 0.25) is 0 Å². The Morgan fingerprint density at radius 3 is 2.60 bits per heavy atom. The van der Waals surface area contributed by atoms with Gasteiger partial charge in [0.15, 0.2) is 5.96 Å². The van der Waals surface area contributed by atoms with Gasteiger partial charge >= 0.3 is 6.61 Å². The van der Waals surface area contributed by atoms with Crippen molar-refractivity contribution in [3.05, 3.63) is 29.8 Å². The third kappa shape index (κ3) is 7.46. The van der Waals surface area contributed by atoms with Gasteiger partial charge in [-0.15, -0.1) is 24.0 Å². The maximum absolute atomic E-state index is 12.1. The number of benzene rings is 1. The molecular formula is C13H20F2IN3O. The van der Waals surface area contributed by atoms with Crippen LogP contribution in [0.5, 0.6) is 5.75 Å². The van der Waals surface area contributed by atoms with Crippen LogP contribution >= 0.6 is 24.0 Å². The molecule has 0 aliphatic carbocycles. The van der Waals surface area contributed by atoms with E-state index in [-0.39, 0.29) is 35.8 Å². The molecule has 1 aromatic rings. The molecule has 0 atom stereocenters. The third-order valence-corrected chi connectivity index (χ3v) is 2.23. The second kappa shape index (κ2) is 9.73. The number of halogens is 3. The predicted octanol–water partition coefficient (Wildman–Crippen LogP) is 2.98. The fourth-order valence-electron chi connectivity index (χ4n) is 1.49. The lowest BCUT2D eigenvalue weighted by Gasteiger charge is -2.14. The van der Waals surface area contributed by atoms with Crippen LogP contribution in [0.25, 0.3) is 0 Å². The Morgan fingerprint density at radius 1 is 1.35 bits per heavy atom. The fourth-order valence-corrected chi connectivity index (χ4v) is 1.49. The number of ether oxygens (including phenoxy) is 1. The highest BCUT2D eigenvalue weighted by atomic mass is 127. The average molecular weight is 399 g/mol. The lowest BCUT2D eigenvalue weighted by atomic mass is 10.2. The highest BCUT2D eigenvalue weighted by Crippen LogP contribution is 2.15. The minimum atomic E-state index is -2.81. The summed E-state index contributed by atoms with van der Waals surface area (Å²) in [6.07, 6.45) is 0. The van der Waals surface area contributed by atoms with Crippen LogP contribution in [0.3, 0.4) is 0 Å². The van der Waals surface area contributed by atoms with Gasteiger partial charge in [0.05, 0.1) is 0 Å². The number of alkyl halides is 2. The maximum atomic E-state index is 12.1. The number of rotatable bonds is 5. The molecule has 1 aromatic carbocycles. The van der Waals surface area contributed by atoms with Crippen molar-refractivity contribution in [1.82, 2.24) is 10.6 Å². The number of nitrogens with one attached hydrogen (secondary N) is 2. The third-order valence-electron chi connectivity index (χ3n) is 2.23. The van der Waals surface area contributed by atoms with Crippen LogP contribution in [-0.4, -0.2) is 25.7 Å². The predicted molar refractivity (Wildman–Crippen MR) is 87.0 cm³/mol. The zero-order chi connectivity index (χ0) is 14.3. The SMILES string of the molecule is CN=C(NCc1cccc(OC(F)F)c1)NC(C)C.I. The molecule has 0 spiro atoms. The van der Waals surface area contributed by atoms with Crippen molar-refractivity contribution < 1.29 is 13.5 Å². The summed E-state index contributed by atoms with van der Waals surface area (Å²) in [6.45, 7) is 1.68. The van der Waals surface area contributed by atoms with Crippen molar-refractivity contribution in [2.75, 3.05) is 7.05 Å². The number of aliphatic imine (C=N–C) groups is 1. The lowest BCUT2D eigenvalue weighted by molar-refractivity contribution is -0.0498. The molecule has 0 aromatic heterocycles. The van der Waals surface area contributed by atoms with E-state index in [4.69, 9.17) is 0 Å². The summed E-state index contributed by atoms with van der Waals surface area (Å²) in [6, 6.07) is 6.83. The standard InChI is InChI=1S/C13H19F2N3O.HI/c1-9(2)18-13(16-3)17-8-10-5-4-6-11(7-10)19-12(14)15;/h4-7,9,12H,8H2,1-3H3,(H2,16,17,18);1H. The molecule has 0 unspecified atom stereocenters. The van der Waals surface area contributed by atoms with E-state index >= 15 is 0 Å². The van der Waals surface area contributed by atoms with Crippen molar-refractivity contribution in [1.29, 1.82) is 0 Å². The Balaban J connectivity index is 0.00000361. The fraction of sp³-hybridized carbons (Fsp3) is 0.462. The Bertz CT molecular complexity index is 428. The number of hydrogen-bond acceptors (Lipinski definition) is 2. The first-order chi connectivity index (χ1) is 9.01. The molecule has 0 radical (unpaired) electrons. The van der Waals surface area contributed by atoms with Gasteiger partial charge in [-0.3, -0.25) is 4.99 Å². The molecule has 0 saturated heterocycles. The van der Waals surface area contributed by atoms with Gasteiger partial charge in [-0.2, -0.15) is 8.78 Å². The summed E-state index contributed by atoms with van der Waals surface area (Å²) in [7, 11) is 1.67. The van der Waals surface area contributed by atoms with Gasteiger partial charge < -0.3 is 15.4 Å². The molecule has 0 aliphatic rings. The quantitative estimate of drug-likeness (QED) is 0.455. The Kier molecular flexibility index (Phi) is 9.19. The van der Waals surface area contributed by atoms with Gasteiger partial charge in [0.25, 0.3) is 0 Å². The van der Waals surface area contributed by atoms with E-state index in [0.29, 0.717) is 12.5 Å². The highest BCUT2D eigenvalue weighted by molar-refractivity contribution is 14.0. The van der Waals surface area contributed by atoms with Gasteiger partial charge in [0, 0.05) is 19.6 Å². The molecule has 2 N–H and O–H groups in total. The first kappa shape index (κ1) is 18.9. The summed E-state index contributed by atoms with van der Waals surface area (Å²) < 4.78 is 28.5. The number of nitrogens with zero attached hydrogens (tertiary/aromatic N) is 1. The molecule has 0 fully saturated rings. The molecule has 0 heterocycles. The number of hydrogen-bond donors (Lipinski definition) is 2. The van der Waals surface area contributed by atoms with Crippen LogP contribution < -0.4 is 15.4 Å². The van der Waals surface area contributed by atoms with E-state index < -0.39 is 6.61 Å². The molecule has 20 heavy (non-hydrogen) atoms. The smallest absolute Gasteiger partial charge is 0.387 e. The molecule has 4 nitrogen and oxygen atoms in total. The summed E-state index contributed by atoms with van der Waals surface area (Å²) >= 11 is 0. The van der Waals surface area contributed by atoms with Gasteiger partial charge in [-0.25, -0.2) is 0 Å². The number of guanidine groups is 1. The minimum absolute atomic E-state index is 0. The van der Waals surface area contributed by atoms with Crippen LogP contribution in [0.4, 0.5) is 8.78 Å². The van der Waals surface area contributed by atoms with Crippen molar-refractivity contribution >= 4 is 29.9 Å². The van der Waals surface area contributed by atoms with E-state index in [1.165, 1.54) is 6.07 Å². The monoisotopic (exact) mass is 399 g/mol. The van der Waals surface area contributed by atoms with Crippen molar-refractivity contribution in [3.8, 4) is 5.75 Å². The summed E-state index contributed by atoms with van der Waals surface area (Å²) in [5, 5.41) is 6.23. The van der Waals surface area contributed by atoms with Crippen LogP contribution in [-0.2, 0) is 6.54 Å². The summed E-state index contributed by atoms with van der Waals surface area (Å²) in [5.74, 6) is 0.816.